The Labute approximate surface area is 149 Å². The van der Waals surface area contributed by atoms with Crippen molar-refractivity contribution in [3.05, 3.63) is 66.5 Å². The molecule has 3 aromatic rings. The summed E-state index contributed by atoms with van der Waals surface area (Å²) < 4.78 is 5.23. The number of anilines is 3. The Balaban J connectivity index is 1.62. The van der Waals surface area contributed by atoms with Crippen LogP contribution in [0.2, 0.25) is 0 Å². The fourth-order valence-electron chi connectivity index (χ4n) is 2.20. The van der Waals surface area contributed by atoms with Crippen molar-refractivity contribution in [2.24, 2.45) is 0 Å². The topological polar surface area (TPSA) is 109 Å². The number of rotatable bonds is 6. The molecule has 0 atom stereocenters. The first-order chi connectivity index (χ1) is 12.6. The fourth-order valence-corrected chi connectivity index (χ4v) is 2.20. The van der Waals surface area contributed by atoms with E-state index in [2.05, 4.69) is 25.9 Å². The Morgan fingerprint density at radius 1 is 1.04 bits per heavy atom. The van der Waals surface area contributed by atoms with Crippen LogP contribution >= 0.6 is 0 Å². The van der Waals surface area contributed by atoms with Crippen molar-refractivity contribution < 1.29 is 14.0 Å². The van der Waals surface area contributed by atoms with Crippen molar-refractivity contribution in [1.29, 1.82) is 0 Å². The third-order valence-corrected chi connectivity index (χ3v) is 3.39. The van der Waals surface area contributed by atoms with Crippen LogP contribution in [0.3, 0.4) is 0 Å². The number of nitrogens with one attached hydrogen (secondary N) is 3. The molecule has 26 heavy (non-hydrogen) atoms. The summed E-state index contributed by atoms with van der Waals surface area (Å²) in [5.41, 5.74) is 1.47. The third kappa shape index (κ3) is 4.67. The normalized spacial score (nSPS) is 10.2. The Morgan fingerprint density at radius 3 is 2.42 bits per heavy atom. The van der Waals surface area contributed by atoms with Gasteiger partial charge in [0.15, 0.2) is 0 Å². The van der Waals surface area contributed by atoms with Crippen LogP contribution in [0.5, 0.6) is 0 Å². The highest BCUT2D eigenvalue weighted by molar-refractivity contribution is 6.03. The van der Waals surface area contributed by atoms with E-state index < -0.39 is 0 Å². The second kappa shape index (κ2) is 7.93. The molecule has 3 N–H and O–H groups in total. The Bertz CT molecular complexity index is 891. The molecule has 3 rings (SSSR count). The molecule has 2 amide bonds. The molecule has 8 nitrogen and oxygen atoms in total. The van der Waals surface area contributed by atoms with E-state index >= 15 is 0 Å². The maximum atomic E-state index is 12.3. The van der Waals surface area contributed by atoms with Crippen LogP contribution in [-0.2, 0) is 11.3 Å². The Kier molecular flexibility index (Phi) is 5.23. The summed E-state index contributed by atoms with van der Waals surface area (Å²) >= 11 is 0. The lowest BCUT2D eigenvalue weighted by Gasteiger charge is -2.08. The summed E-state index contributed by atoms with van der Waals surface area (Å²) in [5, 5.41) is 8.48. The van der Waals surface area contributed by atoms with Crippen molar-refractivity contribution in [3.63, 3.8) is 0 Å². The van der Waals surface area contributed by atoms with E-state index in [0.717, 1.165) is 5.76 Å². The highest BCUT2D eigenvalue weighted by atomic mass is 16.3. The average Bonchev–Trinajstić information content (AvgIpc) is 3.15. The van der Waals surface area contributed by atoms with E-state index in [9.17, 15) is 9.59 Å². The minimum Gasteiger partial charge on any atom is -0.467 e. The van der Waals surface area contributed by atoms with Gasteiger partial charge in [-0.15, -0.1) is 0 Å². The summed E-state index contributed by atoms with van der Waals surface area (Å²) in [7, 11) is 0. The first-order valence-corrected chi connectivity index (χ1v) is 7.87. The van der Waals surface area contributed by atoms with E-state index in [1.165, 1.54) is 13.3 Å². The molecule has 0 saturated heterocycles. The zero-order valence-corrected chi connectivity index (χ0v) is 14.0. The number of carbonyl (C=O) groups is 2. The van der Waals surface area contributed by atoms with Crippen LogP contribution < -0.4 is 16.0 Å². The number of hydrogen-bond acceptors (Lipinski definition) is 6. The molecular weight excluding hydrogens is 334 g/mol. The molecule has 0 bridgehead atoms. The van der Waals surface area contributed by atoms with Gasteiger partial charge in [-0.05, 0) is 36.4 Å². The van der Waals surface area contributed by atoms with Crippen LogP contribution in [0.4, 0.5) is 17.2 Å². The molecule has 0 aliphatic rings. The fraction of sp³-hybridized carbons (Fsp3) is 0.111. The van der Waals surface area contributed by atoms with Gasteiger partial charge >= 0.3 is 0 Å². The average molecular weight is 351 g/mol. The van der Waals surface area contributed by atoms with E-state index in [4.69, 9.17) is 4.42 Å². The minimum atomic E-state index is -0.360. The van der Waals surface area contributed by atoms with Gasteiger partial charge in [0.1, 0.15) is 23.6 Å². The summed E-state index contributed by atoms with van der Waals surface area (Å²) in [4.78, 5) is 31.4. The highest BCUT2D eigenvalue weighted by Gasteiger charge is 2.10. The van der Waals surface area contributed by atoms with Crippen LogP contribution in [0.25, 0.3) is 0 Å². The van der Waals surface area contributed by atoms with Gasteiger partial charge in [0.2, 0.25) is 5.91 Å². The lowest BCUT2D eigenvalue weighted by atomic mass is 10.2. The van der Waals surface area contributed by atoms with Crippen molar-refractivity contribution in [1.82, 2.24) is 9.97 Å². The molecule has 0 aliphatic carbocycles. The lowest BCUT2D eigenvalue weighted by Crippen LogP contribution is -2.14. The van der Waals surface area contributed by atoms with Crippen LogP contribution in [0.15, 0.2) is 59.5 Å². The number of nitrogens with zero attached hydrogens (tertiary/aromatic N) is 2. The SMILES string of the molecule is CC(=O)Nc1ccc(NC(=O)c2cc(NCc3ccco3)ncn2)cc1. The molecular formula is C18H17N5O3. The molecule has 0 aliphatic heterocycles. The number of furan rings is 1. The van der Waals surface area contributed by atoms with Crippen LogP contribution in [0.1, 0.15) is 23.2 Å². The van der Waals surface area contributed by atoms with Crippen molar-refractivity contribution in [2.45, 2.75) is 13.5 Å². The first-order valence-electron chi connectivity index (χ1n) is 7.87. The summed E-state index contributed by atoms with van der Waals surface area (Å²) in [6.45, 7) is 1.89. The molecule has 2 aromatic heterocycles. The zero-order chi connectivity index (χ0) is 18.4. The van der Waals surface area contributed by atoms with E-state index in [0.29, 0.717) is 23.7 Å². The second-order valence-electron chi connectivity index (χ2n) is 5.43. The number of hydrogen-bond donors (Lipinski definition) is 3. The maximum Gasteiger partial charge on any atom is 0.274 e. The summed E-state index contributed by atoms with van der Waals surface area (Å²) in [5.74, 6) is 0.759. The molecule has 132 valence electrons. The van der Waals surface area contributed by atoms with Crippen LogP contribution in [0, 0.1) is 0 Å². The van der Waals surface area contributed by atoms with E-state index in [-0.39, 0.29) is 17.5 Å². The Hall–Kier alpha value is -3.68. The quantitative estimate of drug-likeness (QED) is 0.630. The second-order valence-corrected chi connectivity index (χ2v) is 5.43. The molecule has 8 heteroatoms. The van der Waals surface area contributed by atoms with Crippen molar-refractivity contribution in [2.75, 3.05) is 16.0 Å². The smallest absolute Gasteiger partial charge is 0.274 e. The first kappa shape index (κ1) is 17.2. The van der Waals surface area contributed by atoms with Gasteiger partial charge in [-0.2, -0.15) is 0 Å². The van der Waals surface area contributed by atoms with Gasteiger partial charge in [-0.1, -0.05) is 0 Å². The van der Waals surface area contributed by atoms with Gasteiger partial charge in [-0.3, -0.25) is 9.59 Å². The molecule has 1 aromatic carbocycles. The zero-order valence-electron chi connectivity index (χ0n) is 14.0. The van der Waals surface area contributed by atoms with Gasteiger partial charge in [0.05, 0.1) is 12.8 Å². The molecule has 0 spiro atoms. The van der Waals surface area contributed by atoms with Gasteiger partial charge < -0.3 is 20.4 Å². The summed E-state index contributed by atoms with van der Waals surface area (Å²) in [6, 6.07) is 12.0. The molecule has 0 fully saturated rings. The predicted molar refractivity (Wildman–Crippen MR) is 96.8 cm³/mol. The van der Waals surface area contributed by atoms with E-state index in [1.54, 1.807) is 42.7 Å². The number of carbonyl (C=O) groups excluding carboxylic acids is 2. The monoisotopic (exact) mass is 351 g/mol. The maximum absolute atomic E-state index is 12.3. The minimum absolute atomic E-state index is 0.155. The van der Waals surface area contributed by atoms with Gasteiger partial charge in [-0.25, -0.2) is 9.97 Å². The molecule has 2 heterocycles. The third-order valence-electron chi connectivity index (χ3n) is 3.39. The van der Waals surface area contributed by atoms with Crippen molar-refractivity contribution in [3.8, 4) is 0 Å². The van der Waals surface area contributed by atoms with Gasteiger partial charge in [0.25, 0.3) is 5.91 Å². The van der Waals surface area contributed by atoms with Crippen molar-refractivity contribution >= 4 is 29.0 Å². The van der Waals surface area contributed by atoms with E-state index in [1.807, 2.05) is 6.07 Å². The van der Waals surface area contributed by atoms with Gasteiger partial charge in [0, 0.05) is 24.4 Å². The standard InChI is InChI=1S/C18H17N5O3/c1-12(24)22-13-4-6-14(7-5-13)23-18(25)16-9-17(21-11-20-16)19-10-15-3-2-8-26-15/h2-9,11H,10H2,1H3,(H,22,24)(H,23,25)(H,19,20,21). The predicted octanol–water partition coefficient (Wildman–Crippen LogP) is 2.89. The van der Waals surface area contributed by atoms with Crippen LogP contribution in [-0.4, -0.2) is 21.8 Å². The largest absolute Gasteiger partial charge is 0.467 e. The molecule has 0 unspecified atom stereocenters. The molecule has 0 saturated carbocycles. The highest BCUT2D eigenvalue weighted by Crippen LogP contribution is 2.15. The molecule has 0 radical (unpaired) electrons. The number of aromatic nitrogens is 2. The number of benzene rings is 1. The number of amides is 2. The Morgan fingerprint density at radius 2 is 1.77 bits per heavy atom. The lowest BCUT2D eigenvalue weighted by molar-refractivity contribution is -0.114. The summed E-state index contributed by atoms with van der Waals surface area (Å²) in [6.07, 6.45) is 2.91.